The number of allylic oxidation sites excluding steroid dienone is 1. The third kappa shape index (κ3) is 4.67. The van der Waals surface area contributed by atoms with Gasteiger partial charge in [0.25, 0.3) is 5.91 Å². The molecule has 27 heavy (non-hydrogen) atoms. The summed E-state index contributed by atoms with van der Waals surface area (Å²) in [5.41, 5.74) is 1.90. The van der Waals surface area contributed by atoms with Gasteiger partial charge >= 0.3 is 0 Å². The number of nitrogens with zero attached hydrogens (tertiary/aromatic N) is 1. The summed E-state index contributed by atoms with van der Waals surface area (Å²) in [5.74, 6) is -0.946. The van der Waals surface area contributed by atoms with E-state index < -0.39 is 11.7 Å². The second-order valence-corrected chi connectivity index (χ2v) is 7.16. The summed E-state index contributed by atoms with van der Waals surface area (Å²) in [4.78, 5) is 17.3. The Morgan fingerprint density at radius 3 is 2.70 bits per heavy atom. The highest BCUT2D eigenvalue weighted by Gasteiger charge is 2.11. The van der Waals surface area contributed by atoms with Crippen molar-refractivity contribution in [2.24, 2.45) is 0 Å². The average molecular weight is 400 g/mol. The van der Waals surface area contributed by atoms with E-state index in [1.54, 1.807) is 13.1 Å². The van der Waals surface area contributed by atoms with Crippen molar-refractivity contribution in [3.8, 4) is 10.6 Å². The maximum atomic E-state index is 13.2. The van der Waals surface area contributed by atoms with E-state index in [4.69, 9.17) is 17.0 Å². The zero-order valence-electron chi connectivity index (χ0n) is 14.3. The van der Waals surface area contributed by atoms with E-state index in [0.717, 1.165) is 10.6 Å². The van der Waals surface area contributed by atoms with Crippen molar-refractivity contribution >= 4 is 40.2 Å². The number of halogens is 2. The van der Waals surface area contributed by atoms with E-state index in [0.29, 0.717) is 16.1 Å². The predicted octanol–water partition coefficient (Wildman–Crippen LogP) is 5.56. The second-order valence-electron chi connectivity index (χ2n) is 5.72. The largest absolute Gasteiger partial charge is 0.322 e. The number of nitrogens with one attached hydrogen (secondary N) is 2. The molecule has 0 saturated carbocycles. The highest BCUT2D eigenvalue weighted by Crippen LogP contribution is 2.25. The summed E-state index contributed by atoms with van der Waals surface area (Å²) >= 11 is 7.10. The molecule has 3 rings (SSSR count). The number of carbonyl (C=O) groups is 1. The van der Waals surface area contributed by atoms with Crippen molar-refractivity contribution in [2.75, 3.05) is 5.32 Å². The average Bonchev–Trinajstić information content (AvgIpc) is 3.16. The van der Waals surface area contributed by atoms with Gasteiger partial charge in [0.2, 0.25) is 0 Å². The molecule has 0 atom stereocenters. The Hall–Kier alpha value is -2.83. The topological polar surface area (TPSA) is 65.8 Å². The molecule has 1 aromatic heterocycles. The van der Waals surface area contributed by atoms with E-state index >= 15 is 0 Å². The van der Waals surface area contributed by atoms with E-state index in [1.165, 1.54) is 35.6 Å². The van der Waals surface area contributed by atoms with Crippen LogP contribution in [0.25, 0.3) is 10.6 Å². The van der Waals surface area contributed by atoms with Gasteiger partial charge in [0.15, 0.2) is 0 Å². The monoisotopic (exact) mass is 399 g/mol. The molecule has 0 fully saturated rings. The fourth-order valence-corrected chi connectivity index (χ4v) is 3.29. The van der Waals surface area contributed by atoms with Crippen LogP contribution in [0.3, 0.4) is 0 Å². The van der Waals surface area contributed by atoms with Gasteiger partial charge in [-0.1, -0.05) is 41.9 Å². The van der Waals surface area contributed by atoms with Gasteiger partial charge in [-0.15, -0.1) is 11.3 Å². The minimum atomic E-state index is -0.553. The molecule has 4 nitrogen and oxygen atoms in total. The first-order valence-electron chi connectivity index (χ1n) is 7.99. The number of hydrogen-bond acceptors (Lipinski definition) is 4. The van der Waals surface area contributed by atoms with E-state index in [9.17, 15) is 9.18 Å². The molecule has 0 spiro atoms. The van der Waals surface area contributed by atoms with Crippen LogP contribution in [-0.2, 0) is 4.79 Å². The Labute approximate surface area is 164 Å². The molecule has 1 heterocycles. The number of benzene rings is 2. The van der Waals surface area contributed by atoms with Crippen LogP contribution in [0.2, 0.25) is 5.02 Å². The molecule has 0 radical (unpaired) electrons. The number of amides is 1. The van der Waals surface area contributed by atoms with Crippen molar-refractivity contribution in [3.63, 3.8) is 0 Å². The normalized spacial score (nSPS) is 11.3. The maximum absolute atomic E-state index is 13.2. The van der Waals surface area contributed by atoms with Crippen molar-refractivity contribution in [1.29, 1.82) is 5.41 Å². The highest BCUT2D eigenvalue weighted by atomic mass is 35.5. The first-order chi connectivity index (χ1) is 12.9. The molecule has 3 aromatic rings. The summed E-state index contributed by atoms with van der Waals surface area (Å²) in [7, 11) is 0. The summed E-state index contributed by atoms with van der Waals surface area (Å²) in [5, 5.41) is 11.6. The van der Waals surface area contributed by atoms with Crippen LogP contribution in [0.1, 0.15) is 11.8 Å². The third-order valence-electron chi connectivity index (χ3n) is 3.69. The lowest BCUT2D eigenvalue weighted by Gasteiger charge is -2.06. The van der Waals surface area contributed by atoms with Crippen LogP contribution in [0, 0.1) is 11.2 Å². The number of carbonyl (C=O) groups excluding carboxylic acids is 1. The molecule has 136 valence electrons. The van der Waals surface area contributed by atoms with Gasteiger partial charge in [-0.3, -0.25) is 10.2 Å². The number of aromatic nitrogens is 1. The molecule has 0 unspecified atom stereocenters. The number of anilines is 1. The standard InChI is InChI=1S/C20H15ClFN3OS/c1-12(19(26)25-14-7-8-16(22)15(21)10-14)9-17(23)18-11-24-20(27-18)13-5-3-2-4-6-13/h2-11,23H,1H3,(H,25,26)/b12-9+,23-17?. The van der Waals surface area contributed by atoms with Gasteiger partial charge in [0, 0.05) is 23.0 Å². The van der Waals surface area contributed by atoms with E-state index in [-0.39, 0.29) is 10.7 Å². The Bertz CT molecular complexity index is 1030. The van der Waals surface area contributed by atoms with Crippen molar-refractivity contribution < 1.29 is 9.18 Å². The van der Waals surface area contributed by atoms with Gasteiger partial charge in [0.05, 0.1) is 15.6 Å². The number of thiazole rings is 1. The van der Waals surface area contributed by atoms with Crippen LogP contribution >= 0.6 is 22.9 Å². The van der Waals surface area contributed by atoms with E-state index in [1.807, 2.05) is 30.3 Å². The quantitative estimate of drug-likeness (QED) is 0.436. The summed E-state index contributed by atoms with van der Waals surface area (Å²) in [6.45, 7) is 1.61. The predicted molar refractivity (Wildman–Crippen MR) is 108 cm³/mol. The zero-order valence-corrected chi connectivity index (χ0v) is 15.9. The fourth-order valence-electron chi connectivity index (χ4n) is 2.27. The molecular formula is C20H15ClFN3OS. The number of rotatable bonds is 5. The van der Waals surface area contributed by atoms with Crippen molar-refractivity contribution in [1.82, 2.24) is 4.98 Å². The van der Waals surface area contributed by atoms with Gasteiger partial charge < -0.3 is 5.32 Å². The molecule has 0 aliphatic carbocycles. The van der Waals surface area contributed by atoms with Crippen molar-refractivity contribution in [2.45, 2.75) is 6.92 Å². The Morgan fingerprint density at radius 1 is 1.26 bits per heavy atom. The minimum absolute atomic E-state index is 0.0692. The smallest absolute Gasteiger partial charge is 0.251 e. The summed E-state index contributed by atoms with van der Waals surface area (Å²) in [6.07, 6.45) is 3.10. The second kappa shape index (κ2) is 8.24. The van der Waals surface area contributed by atoms with Gasteiger partial charge in [-0.2, -0.15) is 0 Å². The molecule has 1 amide bonds. The molecule has 2 N–H and O–H groups in total. The highest BCUT2D eigenvalue weighted by molar-refractivity contribution is 7.17. The lowest BCUT2D eigenvalue weighted by Crippen LogP contribution is -2.13. The first kappa shape index (κ1) is 18.9. The molecular weight excluding hydrogens is 385 g/mol. The van der Waals surface area contributed by atoms with Crippen LogP contribution in [0.5, 0.6) is 0 Å². The maximum Gasteiger partial charge on any atom is 0.251 e. The minimum Gasteiger partial charge on any atom is -0.322 e. The molecule has 0 bridgehead atoms. The molecule has 2 aromatic carbocycles. The lowest BCUT2D eigenvalue weighted by atomic mass is 10.2. The Kier molecular flexibility index (Phi) is 5.78. The van der Waals surface area contributed by atoms with Crippen LogP contribution in [0.15, 0.2) is 66.4 Å². The van der Waals surface area contributed by atoms with Gasteiger partial charge in [-0.05, 0) is 31.2 Å². The summed E-state index contributed by atoms with van der Waals surface area (Å²) in [6, 6.07) is 13.6. The fraction of sp³-hybridized carbons (Fsp3) is 0.0500. The van der Waals surface area contributed by atoms with Gasteiger partial charge in [0.1, 0.15) is 10.8 Å². The zero-order chi connectivity index (χ0) is 19.4. The van der Waals surface area contributed by atoms with Crippen LogP contribution in [0.4, 0.5) is 10.1 Å². The van der Waals surface area contributed by atoms with Crippen LogP contribution < -0.4 is 5.32 Å². The lowest BCUT2D eigenvalue weighted by molar-refractivity contribution is -0.112. The molecule has 7 heteroatoms. The van der Waals surface area contributed by atoms with Crippen molar-refractivity contribution in [3.05, 3.63) is 82.1 Å². The number of hydrogen-bond donors (Lipinski definition) is 2. The third-order valence-corrected chi connectivity index (χ3v) is 5.06. The SMILES string of the molecule is C/C(=C\C(=N)c1cnc(-c2ccccc2)s1)C(=O)Nc1ccc(F)c(Cl)c1. The summed E-state index contributed by atoms with van der Waals surface area (Å²) < 4.78 is 13.2. The van der Waals surface area contributed by atoms with Gasteiger partial charge in [-0.25, -0.2) is 9.37 Å². The Balaban J connectivity index is 1.71. The molecule has 0 saturated heterocycles. The Morgan fingerprint density at radius 2 is 2.00 bits per heavy atom. The van der Waals surface area contributed by atoms with Crippen LogP contribution in [-0.4, -0.2) is 16.6 Å². The molecule has 0 aliphatic rings. The molecule has 0 aliphatic heterocycles. The first-order valence-corrected chi connectivity index (χ1v) is 9.18. The van der Waals surface area contributed by atoms with E-state index in [2.05, 4.69) is 10.3 Å².